The van der Waals surface area contributed by atoms with Crippen LogP contribution >= 0.6 is 0 Å². The van der Waals surface area contributed by atoms with Crippen LogP contribution in [0.25, 0.3) is 0 Å². The number of rotatable bonds is 5. The van der Waals surface area contributed by atoms with Crippen molar-refractivity contribution in [3.8, 4) is 6.07 Å². The molecule has 1 unspecified atom stereocenters. The van der Waals surface area contributed by atoms with E-state index in [0.29, 0.717) is 38.0 Å². The summed E-state index contributed by atoms with van der Waals surface area (Å²) in [5, 5.41) is 12.7. The quantitative estimate of drug-likeness (QED) is 0.766. The number of hydrogen-bond acceptors (Lipinski definition) is 4. The number of primary amides is 1. The normalized spacial score (nSPS) is 28.0. The van der Waals surface area contributed by atoms with Gasteiger partial charge in [0.25, 0.3) is 0 Å². The SMILES string of the molecule is N#CC1(NC(=O)[CH]CC2CCCCC2)CCN(C2CCN(C(N)=O)CC2)C1. The third-order valence-electron chi connectivity index (χ3n) is 6.53. The maximum atomic E-state index is 12.4. The molecule has 0 aromatic carbocycles. The second kappa shape index (κ2) is 8.92. The highest BCUT2D eigenvalue weighted by Gasteiger charge is 2.42. The summed E-state index contributed by atoms with van der Waals surface area (Å²) in [7, 11) is 0. The molecule has 2 saturated heterocycles. The van der Waals surface area contributed by atoms with E-state index in [1.54, 1.807) is 11.3 Å². The molecule has 2 aliphatic heterocycles. The van der Waals surface area contributed by atoms with Crippen LogP contribution in [0.1, 0.15) is 57.8 Å². The number of likely N-dealkylation sites (tertiary alicyclic amines) is 2. The Balaban J connectivity index is 1.46. The van der Waals surface area contributed by atoms with Crippen LogP contribution in [0.3, 0.4) is 0 Å². The molecule has 1 radical (unpaired) electrons. The maximum absolute atomic E-state index is 12.4. The molecule has 1 saturated carbocycles. The molecule has 2 heterocycles. The summed E-state index contributed by atoms with van der Waals surface area (Å²) < 4.78 is 0. The molecule has 0 aromatic heterocycles. The number of nitrogens with two attached hydrogens (primary N) is 1. The molecule has 7 heteroatoms. The van der Waals surface area contributed by atoms with E-state index in [9.17, 15) is 14.9 Å². The molecule has 7 nitrogen and oxygen atoms in total. The zero-order chi connectivity index (χ0) is 19.3. The minimum absolute atomic E-state index is 0.104. The second-order valence-electron chi connectivity index (χ2n) is 8.40. The molecule has 0 spiro atoms. The van der Waals surface area contributed by atoms with E-state index >= 15 is 0 Å². The number of hydrogen-bond donors (Lipinski definition) is 2. The van der Waals surface area contributed by atoms with Crippen molar-refractivity contribution in [2.45, 2.75) is 69.4 Å². The third kappa shape index (κ3) is 5.13. The van der Waals surface area contributed by atoms with Gasteiger partial charge in [0.2, 0.25) is 5.91 Å². The first-order valence-corrected chi connectivity index (χ1v) is 10.4. The first kappa shape index (κ1) is 19.9. The Labute approximate surface area is 162 Å². The minimum Gasteiger partial charge on any atom is -0.351 e. The van der Waals surface area contributed by atoms with E-state index in [1.165, 1.54) is 32.1 Å². The highest BCUT2D eigenvalue weighted by molar-refractivity contribution is 5.85. The Morgan fingerprint density at radius 1 is 1.15 bits per heavy atom. The van der Waals surface area contributed by atoms with E-state index < -0.39 is 5.54 Å². The van der Waals surface area contributed by atoms with E-state index in [4.69, 9.17) is 5.73 Å². The third-order valence-corrected chi connectivity index (χ3v) is 6.53. The zero-order valence-electron chi connectivity index (χ0n) is 16.2. The lowest BCUT2D eigenvalue weighted by Gasteiger charge is -2.36. The first-order valence-electron chi connectivity index (χ1n) is 10.4. The predicted octanol–water partition coefficient (Wildman–Crippen LogP) is 1.79. The Hall–Kier alpha value is -1.81. The van der Waals surface area contributed by atoms with Gasteiger partial charge < -0.3 is 16.0 Å². The van der Waals surface area contributed by atoms with Crippen molar-refractivity contribution in [2.75, 3.05) is 26.2 Å². The van der Waals surface area contributed by atoms with Gasteiger partial charge in [0.1, 0.15) is 5.54 Å². The molecule has 1 aliphatic carbocycles. The van der Waals surface area contributed by atoms with Crippen molar-refractivity contribution < 1.29 is 9.59 Å². The Morgan fingerprint density at radius 3 is 2.48 bits per heavy atom. The molecule has 0 aromatic rings. The molecule has 3 rings (SSSR count). The van der Waals surface area contributed by atoms with Crippen molar-refractivity contribution >= 4 is 11.9 Å². The van der Waals surface area contributed by atoms with E-state index in [-0.39, 0.29) is 11.9 Å². The van der Waals surface area contributed by atoms with E-state index in [0.717, 1.165) is 25.8 Å². The van der Waals surface area contributed by atoms with Crippen LogP contribution in [0.15, 0.2) is 0 Å². The molecule has 3 fully saturated rings. The molecule has 149 valence electrons. The molecular formula is C20H32N5O2. The summed E-state index contributed by atoms with van der Waals surface area (Å²) in [4.78, 5) is 27.6. The van der Waals surface area contributed by atoms with Gasteiger partial charge in [0, 0.05) is 38.6 Å². The van der Waals surface area contributed by atoms with Gasteiger partial charge in [-0.3, -0.25) is 9.69 Å². The van der Waals surface area contributed by atoms with Crippen LogP contribution < -0.4 is 11.1 Å². The van der Waals surface area contributed by atoms with Gasteiger partial charge in [-0.1, -0.05) is 32.1 Å². The first-order chi connectivity index (χ1) is 13.0. The van der Waals surface area contributed by atoms with Crippen molar-refractivity contribution in [2.24, 2.45) is 11.7 Å². The van der Waals surface area contributed by atoms with Crippen LogP contribution in [0, 0.1) is 23.7 Å². The van der Waals surface area contributed by atoms with Crippen molar-refractivity contribution in [1.29, 1.82) is 5.26 Å². The number of nitrogens with one attached hydrogen (secondary N) is 1. The summed E-state index contributed by atoms with van der Waals surface area (Å²) in [6.07, 6.45) is 11.2. The van der Waals surface area contributed by atoms with Gasteiger partial charge in [-0.15, -0.1) is 0 Å². The van der Waals surface area contributed by atoms with Crippen LogP contribution in [-0.2, 0) is 4.79 Å². The standard InChI is InChI=1S/C20H32N5O2/c21-14-20(23-18(26)7-6-16-4-2-1-3-5-16)10-13-25(15-20)17-8-11-24(12-9-17)19(22)27/h7,16-17H,1-6,8-13,15H2,(H2,22,27)(H,23,26). The average Bonchev–Trinajstić information content (AvgIpc) is 3.12. The molecule has 1 atom stereocenters. The van der Waals surface area contributed by atoms with Crippen LogP contribution in [0.4, 0.5) is 4.79 Å². The number of nitriles is 1. The van der Waals surface area contributed by atoms with Gasteiger partial charge in [-0.05, 0) is 31.6 Å². The van der Waals surface area contributed by atoms with Crippen LogP contribution in [0.5, 0.6) is 0 Å². The zero-order valence-corrected chi connectivity index (χ0v) is 16.2. The fourth-order valence-electron chi connectivity index (χ4n) is 4.81. The van der Waals surface area contributed by atoms with E-state index in [2.05, 4.69) is 16.3 Å². The monoisotopic (exact) mass is 374 g/mol. The lowest BCUT2D eigenvalue weighted by atomic mass is 9.86. The number of urea groups is 1. The Bertz CT molecular complexity index is 575. The fraction of sp³-hybridized carbons (Fsp3) is 0.800. The fourth-order valence-corrected chi connectivity index (χ4v) is 4.81. The summed E-state index contributed by atoms with van der Waals surface area (Å²) in [6.45, 7) is 2.70. The summed E-state index contributed by atoms with van der Waals surface area (Å²) in [5.41, 5.74) is 4.56. The smallest absolute Gasteiger partial charge is 0.314 e. The highest BCUT2D eigenvalue weighted by Crippen LogP contribution is 2.29. The van der Waals surface area contributed by atoms with E-state index in [1.807, 2.05) is 0 Å². The summed E-state index contributed by atoms with van der Waals surface area (Å²) in [6, 6.07) is 2.35. The second-order valence-corrected chi connectivity index (χ2v) is 8.40. The van der Waals surface area contributed by atoms with Gasteiger partial charge in [0.15, 0.2) is 0 Å². The number of piperidine rings is 1. The summed E-state index contributed by atoms with van der Waals surface area (Å²) in [5.74, 6) is 0.519. The Kier molecular flexibility index (Phi) is 6.59. The molecule has 3 amide bonds. The Morgan fingerprint density at radius 2 is 1.85 bits per heavy atom. The van der Waals surface area contributed by atoms with Gasteiger partial charge in [0.05, 0.1) is 6.07 Å². The van der Waals surface area contributed by atoms with Crippen molar-refractivity contribution in [1.82, 2.24) is 15.1 Å². The van der Waals surface area contributed by atoms with Gasteiger partial charge in [-0.2, -0.15) is 5.26 Å². The van der Waals surface area contributed by atoms with Gasteiger partial charge >= 0.3 is 6.03 Å². The maximum Gasteiger partial charge on any atom is 0.314 e. The number of nitrogens with zero attached hydrogens (tertiary/aromatic N) is 3. The largest absolute Gasteiger partial charge is 0.351 e. The lowest BCUT2D eigenvalue weighted by Crippen LogP contribution is -2.52. The molecule has 0 bridgehead atoms. The molecule has 27 heavy (non-hydrogen) atoms. The average molecular weight is 375 g/mol. The number of carbonyl (C=O) groups excluding carboxylic acids is 2. The van der Waals surface area contributed by atoms with Gasteiger partial charge in [-0.25, -0.2) is 4.79 Å². The van der Waals surface area contributed by atoms with Crippen molar-refractivity contribution in [3.05, 3.63) is 6.42 Å². The topological polar surface area (TPSA) is 102 Å². The molecule has 3 N–H and O–H groups in total. The highest BCUT2D eigenvalue weighted by atomic mass is 16.2. The number of carbonyl (C=O) groups is 2. The lowest BCUT2D eigenvalue weighted by molar-refractivity contribution is -0.119. The number of amides is 3. The van der Waals surface area contributed by atoms with Crippen LogP contribution in [-0.4, -0.2) is 59.5 Å². The predicted molar refractivity (Wildman–Crippen MR) is 102 cm³/mol. The molecule has 3 aliphatic rings. The van der Waals surface area contributed by atoms with Crippen molar-refractivity contribution in [3.63, 3.8) is 0 Å². The van der Waals surface area contributed by atoms with Crippen LogP contribution in [0.2, 0.25) is 0 Å². The molecular weight excluding hydrogens is 342 g/mol. The minimum atomic E-state index is -0.791. The summed E-state index contributed by atoms with van der Waals surface area (Å²) >= 11 is 0.